The average molecular weight is 199 g/mol. The Hall–Kier alpha value is -1.27. The minimum absolute atomic E-state index is 0.313. The Bertz CT molecular complexity index is 326. The fourth-order valence-electron chi connectivity index (χ4n) is 0.919. The lowest BCUT2D eigenvalue weighted by molar-refractivity contribution is 0.628. The van der Waals surface area contributed by atoms with Crippen LogP contribution in [0.25, 0.3) is 0 Å². The van der Waals surface area contributed by atoms with Gasteiger partial charge in [0.2, 0.25) is 0 Å². The molecule has 0 aliphatic rings. The van der Waals surface area contributed by atoms with Crippen LogP contribution in [0.3, 0.4) is 0 Å². The van der Waals surface area contributed by atoms with Crippen molar-refractivity contribution in [1.82, 2.24) is 0 Å². The summed E-state index contributed by atoms with van der Waals surface area (Å²) < 4.78 is 12.8. The van der Waals surface area contributed by atoms with Gasteiger partial charge in [-0.2, -0.15) is 5.26 Å². The number of hydrogen-bond acceptors (Lipinski definition) is 2. The van der Waals surface area contributed by atoms with E-state index in [1.54, 1.807) is 13.0 Å². The summed E-state index contributed by atoms with van der Waals surface area (Å²) in [6.45, 7) is 1.68. The number of nitrogens with zero attached hydrogens (tertiary/aromatic N) is 1. The zero-order valence-electron chi connectivity index (χ0n) is 7.01. The smallest absolute Gasteiger partial charge is 0.126 e. The summed E-state index contributed by atoms with van der Waals surface area (Å²) in [5.41, 5.74) is 0.513. The third-order valence-corrected chi connectivity index (χ3v) is 1.66. The van der Waals surface area contributed by atoms with Crippen molar-refractivity contribution < 1.29 is 4.39 Å². The van der Waals surface area contributed by atoms with Gasteiger partial charge in [0, 0.05) is 10.7 Å². The molecule has 0 amide bonds. The van der Waals surface area contributed by atoms with E-state index in [9.17, 15) is 4.39 Å². The van der Waals surface area contributed by atoms with E-state index in [-0.39, 0.29) is 6.04 Å². The fourth-order valence-corrected chi connectivity index (χ4v) is 1.14. The zero-order chi connectivity index (χ0) is 9.84. The molecule has 0 fully saturated rings. The molecule has 0 bridgehead atoms. The van der Waals surface area contributed by atoms with Crippen molar-refractivity contribution in [3.63, 3.8) is 0 Å². The third-order valence-electron chi connectivity index (χ3n) is 1.44. The molecule has 0 saturated carbocycles. The predicted molar refractivity (Wildman–Crippen MR) is 50.1 cm³/mol. The first-order valence-corrected chi connectivity index (χ1v) is 4.12. The number of nitriles is 1. The van der Waals surface area contributed by atoms with Crippen LogP contribution >= 0.6 is 11.6 Å². The Kier molecular flexibility index (Phi) is 3.10. The monoisotopic (exact) mass is 198 g/mol. The van der Waals surface area contributed by atoms with Crippen LogP contribution < -0.4 is 5.32 Å². The van der Waals surface area contributed by atoms with Crippen LogP contribution in [0.5, 0.6) is 0 Å². The zero-order valence-corrected chi connectivity index (χ0v) is 7.77. The second kappa shape index (κ2) is 4.11. The second-order valence-electron chi connectivity index (χ2n) is 2.65. The molecule has 1 aromatic carbocycles. The second-order valence-corrected chi connectivity index (χ2v) is 3.09. The lowest BCUT2D eigenvalue weighted by atomic mass is 10.3. The molecule has 13 heavy (non-hydrogen) atoms. The van der Waals surface area contributed by atoms with Crippen molar-refractivity contribution in [3.05, 3.63) is 29.0 Å². The first kappa shape index (κ1) is 9.82. The highest BCUT2D eigenvalue weighted by Crippen LogP contribution is 2.18. The lowest BCUT2D eigenvalue weighted by Crippen LogP contribution is -2.11. The maximum absolute atomic E-state index is 12.8. The molecule has 0 aliphatic carbocycles. The molecule has 4 heteroatoms. The van der Waals surface area contributed by atoms with Gasteiger partial charge in [-0.25, -0.2) is 4.39 Å². The molecule has 0 spiro atoms. The van der Waals surface area contributed by atoms with Gasteiger partial charge in [0.15, 0.2) is 0 Å². The summed E-state index contributed by atoms with van der Waals surface area (Å²) in [4.78, 5) is 0. The van der Waals surface area contributed by atoms with Gasteiger partial charge in [0.1, 0.15) is 11.9 Å². The largest absolute Gasteiger partial charge is 0.370 e. The van der Waals surface area contributed by atoms with Crippen LogP contribution in [0.4, 0.5) is 10.1 Å². The van der Waals surface area contributed by atoms with Gasteiger partial charge in [0.05, 0.1) is 6.07 Å². The van der Waals surface area contributed by atoms with Crippen LogP contribution in [0.2, 0.25) is 5.02 Å². The number of anilines is 1. The molecular weight excluding hydrogens is 191 g/mol. The van der Waals surface area contributed by atoms with E-state index in [4.69, 9.17) is 16.9 Å². The molecule has 2 nitrogen and oxygen atoms in total. The van der Waals surface area contributed by atoms with Crippen LogP contribution in [-0.2, 0) is 0 Å². The Morgan fingerprint density at radius 2 is 2.23 bits per heavy atom. The normalized spacial score (nSPS) is 11.8. The molecule has 0 radical (unpaired) electrons. The fraction of sp³-hybridized carbons (Fsp3) is 0.222. The van der Waals surface area contributed by atoms with E-state index in [2.05, 4.69) is 5.32 Å². The lowest BCUT2D eigenvalue weighted by Gasteiger charge is -2.07. The summed E-state index contributed by atoms with van der Waals surface area (Å²) >= 11 is 5.61. The van der Waals surface area contributed by atoms with E-state index in [1.807, 2.05) is 6.07 Å². The highest BCUT2D eigenvalue weighted by atomic mass is 35.5. The first-order chi connectivity index (χ1) is 6.11. The quantitative estimate of drug-likeness (QED) is 0.793. The van der Waals surface area contributed by atoms with Crippen molar-refractivity contribution in [1.29, 1.82) is 5.26 Å². The van der Waals surface area contributed by atoms with Crippen molar-refractivity contribution >= 4 is 17.3 Å². The van der Waals surface area contributed by atoms with Gasteiger partial charge in [0.25, 0.3) is 0 Å². The molecule has 1 rings (SSSR count). The average Bonchev–Trinajstić information content (AvgIpc) is 2.02. The Balaban J connectivity index is 2.84. The minimum atomic E-state index is -0.417. The third kappa shape index (κ3) is 2.92. The van der Waals surface area contributed by atoms with Crippen LogP contribution in [-0.4, -0.2) is 6.04 Å². The van der Waals surface area contributed by atoms with E-state index >= 15 is 0 Å². The van der Waals surface area contributed by atoms with Crippen LogP contribution in [0, 0.1) is 17.1 Å². The van der Waals surface area contributed by atoms with Gasteiger partial charge in [-0.1, -0.05) is 11.6 Å². The predicted octanol–water partition coefficient (Wildman–Crippen LogP) is 2.80. The number of hydrogen-bond donors (Lipinski definition) is 1. The molecular formula is C9H8ClFN2. The van der Waals surface area contributed by atoms with Crippen LogP contribution in [0.15, 0.2) is 18.2 Å². The molecule has 1 unspecified atom stereocenters. The maximum atomic E-state index is 12.8. The van der Waals surface area contributed by atoms with Gasteiger partial charge in [-0.15, -0.1) is 0 Å². The van der Waals surface area contributed by atoms with Crippen molar-refractivity contribution in [2.45, 2.75) is 13.0 Å². The molecule has 0 heterocycles. The Morgan fingerprint density at radius 1 is 1.54 bits per heavy atom. The summed E-state index contributed by atoms with van der Waals surface area (Å²) in [5.74, 6) is -0.417. The number of nitrogens with one attached hydrogen (secondary N) is 1. The minimum Gasteiger partial charge on any atom is -0.370 e. The Labute approximate surface area is 80.9 Å². The molecule has 0 saturated heterocycles. The summed E-state index contributed by atoms with van der Waals surface area (Å²) in [6.07, 6.45) is 0. The standard InChI is InChI=1S/C9H8ClFN2/c1-6(5-12)13-9-3-7(10)2-8(11)4-9/h2-4,6,13H,1H3. The number of benzene rings is 1. The first-order valence-electron chi connectivity index (χ1n) is 3.74. The summed E-state index contributed by atoms with van der Waals surface area (Å²) in [6, 6.07) is 5.68. The van der Waals surface area contributed by atoms with Gasteiger partial charge in [-0.3, -0.25) is 0 Å². The molecule has 1 aromatic rings. The Morgan fingerprint density at radius 3 is 2.77 bits per heavy atom. The maximum Gasteiger partial charge on any atom is 0.126 e. The highest BCUT2D eigenvalue weighted by Gasteiger charge is 2.02. The molecule has 0 aromatic heterocycles. The van der Waals surface area contributed by atoms with Crippen molar-refractivity contribution in [3.8, 4) is 6.07 Å². The molecule has 0 aliphatic heterocycles. The molecule has 1 N–H and O–H groups in total. The van der Waals surface area contributed by atoms with E-state index in [0.717, 1.165) is 0 Å². The van der Waals surface area contributed by atoms with Gasteiger partial charge < -0.3 is 5.32 Å². The van der Waals surface area contributed by atoms with Gasteiger partial charge >= 0.3 is 0 Å². The van der Waals surface area contributed by atoms with Gasteiger partial charge in [-0.05, 0) is 25.1 Å². The van der Waals surface area contributed by atoms with Crippen LogP contribution in [0.1, 0.15) is 6.92 Å². The highest BCUT2D eigenvalue weighted by molar-refractivity contribution is 6.30. The summed E-state index contributed by atoms with van der Waals surface area (Å²) in [7, 11) is 0. The summed E-state index contributed by atoms with van der Waals surface area (Å²) in [5, 5.41) is 11.6. The van der Waals surface area contributed by atoms with E-state index < -0.39 is 5.82 Å². The number of halogens is 2. The van der Waals surface area contributed by atoms with E-state index in [1.165, 1.54) is 12.1 Å². The SMILES string of the molecule is CC(C#N)Nc1cc(F)cc(Cl)c1. The molecule has 1 atom stereocenters. The number of rotatable bonds is 2. The van der Waals surface area contributed by atoms with E-state index in [0.29, 0.717) is 10.7 Å². The molecule has 68 valence electrons. The van der Waals surface area contributed by atoms with Crippen molar-refractivity contribution in [2.24, 2.45) is 0 Å². The van der Waals surface area contributed by atoms with Crippen molar-refractivity contribution in [2.75, 3.05) is 5.32 Å². The topological polar surface area (TPSA) is 35.8 Å².